The van der Waals surface area contributed by atoms with Gasteiger partial charge in [-0.1, -0.05) is 5.16 Å². The van der Waals surface area contributed by atoms with Gasteiger partial charge in [0.1, 0.15) is 23.7 Å². The number of thioether (sulfide) groups is 1. The smallest absolute Gasteiger partial charge is 0.352 e. The molecule has 13 nitrogen and oxygen atoms in total. The van der Waals surface area contributed by atoms with E-state index in [1.54, 1.807) is 6.92 Å². The van der Waals surface area contributed by atoms with Crippen molar-refractivity contribution in [3.8, 4) is 0 Å². The Morgan fingerprint density at radius 2 is 2.24 bits per heavy atom. The fraction of sp³-hybridized carbons (Fsp3) is 0.421. The number of aryl methyl sites for hydroxylation is 1. The molecule has 0 aliphatic carbocycles. The van der Waals surface area contributed by atoms with Crippen molar-refractivity contribution in [3.05, 3.63) is 35.6 Å². The molecule has 2 aromatic rings. The Morgan fingerprint density at radius 1 is 1.44 bits per heavy atom. The second-order valence-corrected chi connectivity index (χ2v) is 9.16. The summed E-state index contributed by atoms with van der Waals surface area (Å²) in [5.41, 5.74) is 5.96. The van der Waals surface area contributed by atoms with Gasteiger partial charge in [-0.05, 0) is 13.8 Å². The van der Waals surface area contributed by atoms with Crippen molar-refractivity contribution in [1.29, 1.82) is 0 Å². The lowest BCUT2D eigenvalue weighted by Gasteiger charge is -2.49. The van der Waals surface area contributed by atoms with E-state index < -0.39 is 29.2 Å². The molecule has 1 saturated heterocycles. The van der Waals surface area contributed by atoms with Crippen molar-refractivity contribution >= 4 is 51.9 Å². The third-order valence-electron chi connectivity index (χ3n) is 5.21. The van der Waals surface area contributed by atoms with Gasteiger partial charge >= 0.3 is 5.97 Å². The highest BCUT2D eigenvalue weighted by Gasteiger charge is 2.55. The summed E-state index contributed by atoms with van der Waals surface area (Å²) in [4.78, 5) is 48.1. The molecule has 180 valence electrons. The number of nitrogens with two attached hydrogens (primary N) is 1. The maximum Gasteiger partial charge on any atom is 0.352 e. The minimum atomic E-state index is -1.19. The Morgan fingerprint density at radius 3 is 2.88 bits per heavy atom. The number of carboxylic acid groups (broad SMARTS) is 1. The van der Waals surface area contributed by atoms with E-state index in [1.165, 1.54) is 16.7 Å². The predicted octanol–water partition coefficient (Wildman–Crippen LogP) is -0.591. The molecule has 15 heteroatoms. The number of nitrogens with zero attached hydrogens (tertiary/aromatic N) is 6. The number of hydrogen-bond acceptors (Lipinski definition) is 10. The number of anilines is 1. The number of carbonyl (C=O) groups excluding carboxylic acids is 2. The molecule has 0 radical (unpaired) electrons. The summed E-state index contributed by atoms with van der Waals surface area (Å²) in [6.45, 7) is 4.95. The maximum absolute atomic E-state index is 13.0. The zero-order chi connectivity index (χ0) is 24.4. The van der Waals surface area contributed by atoms with Gasteiger partial charge in [-0.3, -0.25) is 14.5 Å². The minimum Gasteiger partial charge on any atom is -0.477 e. The first kappa shape index (κ1) is 23.7. The topological polar surface area (TPSA) is 169 Å². The predicted molar refractivity (Wildman–Crippen MR) is 122 cm³/mol. The molecule has 1 fully saturated rings. The highest BCUT2D eigenvalue weighted by atomic mass is 32.2. The summed E-state index contributed by atoms with van der Waals surface area (Å²) in [6.07, 6.45) is 3.75. The van der Waals surface area contributed by atoms with Crippen molar-refractivity contribution < 1.29 is 29.0 Å². The average Bonchev–Trinajstić information content (AvgIpc) is 3.45. The van der Waals surface area contributed by atoms with Gasteiger partial charge in [-0.2, -0.15) is 14.0 Å². The van der Waals surface area contributed by atoms with Crippen LogP contribution in [0.15, 0.2) is 34.9 Å². The number of aliphatic carboxylic acids is 1. The Bertz CT molecular complexity index is 1190. The van der Waals surface area contributed by atoms with Crippen LogP contribution in [0.2, 0.25) is 0 Å². The van der Waals surface area contributed by atoms with Crippen LogP contribution in [-0.4, -0.2) is 71.3 Å². The van der Waals surface area contributed by atoms with E-state index in [2.05, 4.69) is 19.8 Å². The van der Waals surface area contributed by atoms with Gasteiger partial charge in [0, 0.05) is 28.9 Å². The molecular formula is C19H23N8O5S2+. The maximum atomic E-state index is 13.0. The molecule has 2 aliphatic rings. The van der Waals surface area contributed by atoms with Crippen molar-refractivity contribution in [2.45, 2.75) is 38.4 Å². The van der Waals surface area contributed by atoms with E-state index in [0.717, 1.165) is 18.1 Å². The normalized spacial score (nSPS) is 20.1. The van der Waals surface area contributed by atoms with Gasteiger partial charge in [-0.25, -0.2) is 4.79 Å². The molecule has 2 aromatic heterocycles. The van der Waals surface area contributed by atoms with Crippen LogP contribution < -0.4 is 15.7 Å². The van der Waals surface area contributed by atoms with Crippen LogP contribution in [0.25, 0.3) is 0 Å². The van der Waals surface area contributed by atoms with Crippen LogP contribution >= 0.6 is 23.3 Å². The quantitative estimate of drug-likeness (QED) is 0.174. The highest BCUT2D eigenvalue weighted by molar-refractivity contribution is 8.00. The van der Waals surface area contributed by atoms with Gasteiger partial charge in [0.05, 0.1) is 12.7 Å². The third kappa shape index (κ3) is 4.35. The molecule has 34 heavy (non-hydrogen) atoms. The molecule has 0 spiro atoms. The number of carboxylic acids is 1. The van der Waals surface area contributed by atoms with Crippen molar-refractivity contribution in [2.75, 3.05) is 18.1 Å². The summed E-state index contributed by atoms with van der Waals surface area (Å²) in [5, 5.41) is 15.9. The molecule has 0 aromatic carbocycles. The van der Waals surface area contributed by atoms with Crippen LogP contribution in [0.5, 0.6) is 0 Å². The first-order chi connectivity index (χ1) is 16.3. The fourth-order valence-corrected chi connectivity index (χ4v) is 5.46. The van der Waals surface area contributed by atoms with E-state index in [1.807, 2.05) is 34.7 Å². The van der Waals surface area contributed by atoms with Crippen molar-refractivity contribution in [1.82, 2.24) is 24.3 Å². The molecule has 0 saturated carbocycles. The summed E-state index contributed by atoms with van der Waals surface area (Å²) in [5.74, 6) is -2.04. The number of β-lactam (4-membered cyclic amide) rings is 1. The molecule has 4 heterocycles. The van der Waals surface area contributed by atoms with E-state index >= 15 is 0 Å². The first-order valence-electron chi connectivity index (χ1n) is 10.4. The Balaban J connectivity index is 1.54. The number of fused-ring (bicyclic) bond motifs is 1. The second kappa shape index (κ2) is 9.80. The van der Waals surface area contributed by atoms with Crippen LogP contribution in [0.1, 0.15) is 19.7 Å². The number of nitrogens with one attached hydrogen (secondary N) is 1. The van der Waals surface area contributed by atoms with Crippen molar-refractivity contribution in [2.24, 2.45) is 5.16 Å². The molecule has 2 amide bonds. The lowest BCUT2D eigenvalue weighted by atomic mass is 10.0. The molecule has 4 N–H and O–H groups in total. The second-order valence-electron chi connectivity index (χ2n) is 7.28. The van der Waals surface area contributed by atoms with Crippen LogP contribution in [0.4, 0.5) is 5.13 Å². The standard InChI is InChI=1S/C19H22N8O5S2/c1-3-25-6-5-7-26(25)8-10-9-33-17-12(16(29)27(17)13(10)18(30)31)21-15(28)11(23-32-4-2)14-22-19(20)34-24-14/h5-7,12,17H,3-4,8-9H2,1-2H3,(H3-,20,21,22,24,28,30,31)/p+1/t12?,17-/m1/s1. The third-order valence-corrected chi connectivity index (χ3v) is 7.10. The SMILES string of the molecule is CCON=C(C(=O)NC1C(=O)N2C(C(=O)O)=C(C[n+]3cccn3CC)CS[C@H]12)c1nsc(N)n1. The van der Waals surface area contributed by atoms with E-state index in [-0.39, 0.29) is 29.0 Å². The lowest BCUT2D eigenvalue weighted by molar-refractivity contribution is -0.768. The van der Waals surface area contributed by atoms with Gasteiger partial charge in [-0.15, -0.1) is 16.4 Å². The van der Waals surface area contributed by atoms with Crippen molar-refractivity contribution in [3.63, 3.8) is 0 Å². The van der Waals surface area contributed by atoms with Crippen LogP contribution in [-0.2, 0) is 32.3 Å². The molecule has 2 atom stereocenters. The molecule has 2 aliphatic heterocycles. The molecule has 1 unspecified atom stereocenters. The summed E-state index contributed by atoms with van der Waals surface area (Å²) in [6, 6.07) is 0.943. The Hall–Kier alpha value is -3.46. The fourth-order valence-electron chi connectivity index (χ4n) is 3.69. The number of nitrogen functional groups attached to an aromatic ring is 1. The summed E-state index contributed by atoms with van der Waals surface area (Å²) < 4.78 is 7.82. The van der Waals surface area contributed by atoms with Gasteiger partial charge in [0.15, 0.2) is 17.9 Å². The average molecular weight is 508 g/mol. The number of carbonyl (C=O) groups is 3. The van der Waals surface area contributed by atoms with Gasteiger partial charge in [0.25, 0.3) is 11.8 Å². The monoisotopic (exact) mass is 507 g/mol. The van der Waals surface area contributed by atoms with Gasteiger partial charge < -0.3 is 21.0 Å². The number of amides is 2. The minimum absolute atomic E-state index is 0.0160. The zero-order valence-electron chi connectivity index (χ0n) is 18.4. The zero-order valence-corrected chi connectivity index (χ0v) is 20.0. The van der Waals surface area contributed by atoms with Crippen LogP contribution in [0.3, 0.4) is 0 Å². The van der Waals surface area contributed by atoms with Crippen LogP contribution in [0, 0.1) is 0 Å². The number of hydrogen-bond donors (Lipinski definition) is 3. The van der Waals surface area contributed by atoms with E-state index in [4.69, 9.17) is 10.6 Å². The Kier molecular flexibility index (Phi) is 6.83. The van der Waals surface area contributed by atoms with E-state index in [9.17, 15) is 19.5 Å². The van der Waals surface area contributed by atoms with E-state index in [0.29, 0.717) is 17.9 Å². The number of oxime groups is 1. The summed E-state index contributed by atoms with van der Waals surface area (Å²) >= 11 is 2.28. The highest BCUT2D eigenvalue weighted by Crippen LogP contribution is 2.40. The number of rotatable bonds is 9. The lowest BCUT2D eigenvalue weighted by Crippen LogP contribution is -2.71. The van der Waals surface area contributed by atoms with Gasteiger partial charge in [0.2, 0.25) is 11.5 Å². The Labute approximate surface area is 202 Å². The largest absolute Gasteiger partial charge is 0.477 e. The molecule has 4 rings (SSSR count). The first-order valence-corrected chi connectivity index (χ1v) is 12.2. The molecular weight excluding hydrogens is 484 g/mol. The number of aromatic nitrogens is 4. The molecule has 0 bridgehead atoms. The summed E-state index contributed by atoms with van der Waals surface area (Å²) in [7, 11) is 0.